The van der Waals surface area contributed by atoms with Gasteiger partial charge >= 0.3 is 0 Å². The lowest BCUT2D eigenvalue weighted by Crippen LogP contribution is -2.18. The molecule has 4 nitrogen and oxygen atoms in total. The summed E-state index contributed by atoms with van der Waals surface area (Å²) in [5, 5.41) is 10.0. The summed E-state index contributed by atoms with van der Waals surface area (Å²) in [4.78, 5) is 8.35. The minimum absolute atomic E-state index is 0.490. The van der Waals surface area contributed by atoms with Crippen LogP contribution in [0, 0.1) is 12.8 Å². The molecule has 1 atom stereocenters. The Morgan fingerprint density at radius 3 is 2.75 bits per heavy atom. The van der Waals surface area contributed by atoms with Crippen molar-refractivity contribution in [1.82, 2.24) is 9.97 Å². The lowest BCUT2D eigenvalue weighted by molar-refractivity contribution is 0.0426. The standard InChI is InChI=1S/C12H18N2O2/c1-9-7-14-11(8-13-9)12(15)6-10-2-4-16-5-3-10/h7-8,10,12,15H,2-6H2,1H3. The zero-order valence-corrected chi connectivity index (χ0v) is 9.59. The van der Waals surface area contributed by atoms with Crippen LogP contribution in [0.1, 0.15) is 36.8 Å². The Morgan fingerprint density at radius 2 is 2.12 bits per heavy atom. The van der Waals surface area contributed by atoms with E-state index < -0.39 is 6.10 Å². The molecule has 1 fully saturated rings. The minimum Gasteiger partial charge on any atom is -0.387 e. The molecule has 2 rings (SSSR count). The van der Waals surface area contributed by atoms with Gasteiger partial charge < -0.3 is 9.84 Å². The van der Waals surface area contributed by atoms with Crippen LogP contribution in [0.4, 0.5) is 0 Å². The summed E-state index contributed by atoms with van der Waals surface area (Å²) in [6.07, 6.45) is 5.71. The first kappa shape index (κ1) is 11.5. The van der Waals surface area contributed by atoms with Crippen molar-refractivity contribution in [2.24, 2.45) is 5.92 Å². The monoisotopic (exact) mass is 222 g/mol. The lowest BCUT2D eigenvalue weighted by atomic mass is 9.93. The molecule has 0 aliphatic carbocycles. The highest BCUT2D eigenvalue weighted by Gasteiger charge is 2.19. The first-order chi connectivity index (χ1) is 7.75. The Morgan fingerprint density at radius 1 is 1.38 bits per heavy atom. The van der Waals surface area contributed by atoms with E-state index >= 15 is 0 Å². The second-order valence-corrected chi connectivity index (χ2v) is 4.39. The van der Waals surface area contributed by atoms with Gasteiger partial charge in [0.25, 0.3) is 0 Å². The average molecular weight is 222 g/mol. The van der Waals surface area contributed by atoms with Gasteiger partial charge in [0.05, 0.1) is 23.7 Å². The molecule has 1 aromatic heterocycles. The van der Waals surface area contributed by atoms with Gasteiger partial charge in [0.1, 0.15) is 0 Å². The Labute approximate surface area is 95.7 Å². The third-order valence-electron chi connectivity index (χ3n) is 3.04. The maximum atomic E-state index is 10.0. The molecule has 1 unspecified atom stereocenters. The maximum absolute atomic E-state index is 10.0. The molecule has 1 aromatic rings. The summed E-state index contributed by atoms with van der Waals surface area (Å²) >= 11 is 0. The fourth-order valence-electron chi connectivity index (χ4n) is 1.99. The predicted molar refractivity (Wildman–Crippen MR) is 59.9 cm³/mol. The number of aryl methyl sites for hydroxylation is 1. The molecule has 88 valence electrons. The molecule has 0 spiro atoms. The molecule has 0 aromatic carbocycles. The highest BCUT2D eigenvalue weighted by atomic mass is 16.5. The first-order valence-electron chi connectivity index (χ1n) is 5.80. The van der Waals surface area contributed by atoms with E-state index in [9.17, 15) is 5.11 Å². The van der Waals surface area contributed by atoms with Crippen LogP contribution in [0.3, 0.4) is 0 Å². The van der Waals surface area contributed by atoms with Gasteiger partial charge in [0.15, 0.2) is 0 Å². The summed E-state index contributed by atoms with van der Waals surface area (Å²) in [5.41, 5.74) is 1.55. The van der Waals surface area contributed by atoms with E-state index in [0.29, 0.717) is 11.6 Å². The fourth-order valence-corrected chi connectivity index (χ4v) is 1.99. The zero-order chi connectivity index (χ0) is 11.4. The molecule has 1 saturated heterocycles. The molecule has 4 heteroatoms. The van der Waals surface area contributed by atoms with Crippen molar-refractivity contribution in [3.05, 3.63) is 23.8 Å². The third kappa shape index (κ3) is 3.00. The average Bonchev–Trinajstić information content (AvgIpc) is 2.31. The van der Waals surface area contributed by atoms with E-state index in [1.807, 2.05) is 6.92 Å². The molecule has 0 radical (unpaired) electrons. The summed E-state index contributed by atoms with van der Waals surface area (Å²) in [6.45, 7) is 3.52. The largest absolute Gasteiger partial charge is 0.387 e. The van der Waals surface area contributed by atoms with Crippen molar-refractivity contribution in [2.45, 2.75) is 32.3 Å². The van der Waals surface area contributed by atoms with Gasteiger partial charge in [-0.15, -0.1) is 0 Å². The van der Waals surface area contributed by atoms with Crippen molar-refractivity contribution in [1.29, 1.82) is 0 Å². The summed E-state index contributed by atoms with van der Waals surface area (Å²) in [7, 11) is 0. The Bertz CT molecular complexity index is 320. The van der Waals surface area contributed by atoms with Gasteiger partial charge in [-0.3, -0.25) is 9.97 Å². The summed E-state index contributed by atoms with van der Waals surface area (Å²) < 4.78 is 5.29. The molecule has 0 amide bonds. The molecular weight excluding hydrogens is 204 g/mol. The number of aliphatic hydroxyl groups is 1. The number of hydrogen-bond acceptors (Lipinski definition) is 4. The van der Waals surface area contributed by atoms with Crippen molar-refractivity contribution >= 4 is 0 Å². The quantitative estimate of drug-likeness (QED) is 0.844. The lowest BCUT2D eigenvalue weighted by Gasteiger charge is -2.23. The number of ether oxygens (including phenoxy) is 1. The van der Waals surface area contributed by atoms with Crippen LogP contribution in [0.25, 0.3) is 0 Å². The van der Waals surface area contributed by atoms with E-state index in [1.54, 1.807) is 12.4 Å². The van der Waals surface area contributed by atoms with Crippen LogP contribution >= 0.6 is 0 Å². The van der Waals surface area contributed by atoms with Gasteiger partial charge in [-0.05, 0) is 32.1 Å². The molecule has 0 bridgehead atoms. The minimum atomic E-state index is -0.490. The van der Waals surface area contributed by atoms with E-state index in [-0.39, 0.29) is 0 Å². The van der Waals surface area contributed by atoms with Crippen molar-refractivity contribution < 1.29 is 9.84 Å². The number of aliphatic hydroxyl groups excluding tert-OH is 1. The number of aromatic nitrogens is 2. The number of rotatable bonds is 3. The van der Waals surface area contributed by atoms with Gasteiger partial charge in [0, 0.05) is 19.4 Å². The molecular formula is C12H18N2O2. The van der Waals surface area contributed by atoms with E-state index in [0.717, 1.165) is 38.2 Å². The van der Waals surface area contributed by atoms with E-state index in [2.05, 4.69) is 9.97 Å². The molecule has 16 heavy (non-hydrogen) atoms. The van der Waals surface area contributed by atoms with Crippen LogP contribution in [0.5, 0.6) is 0 Å². The third-order valence-corrected chi connectivity index (χ3v) is 3.04. The van der Waals surface area contributed by atoms with Crippen LogP contribution < -0.4 is 0 Å². The normalized spacial score (nSPS) is 19.6. The van der Waals surface area contributed by atoms with Gasteiger partial charge in [-0.2, -0.15) is 0 Å². The Kier molecular flexibility index (Phi) is 3.85. The summed E-state index contributed by atoms with van der Waals surface area (Å²) in [5.74, 6) is 0.548. The maximum Gasteiger partial charge on any atom is 0.0978 e. The highest BCUT2D eigenvalue weighted by Crippen LogP contribution is 2.26. The first-order valence-corrected chi connectivity index (χ1v) is 5.80. The van der Waals surface area contributed by atoms with Crippen LogP contribution in [0.2, 0.25) is 0 Å². The van der Waals surface area contributed by atoms with E-state index in [1.165, 1.54) is 0 Å². The molecule has 0 saturated carbocycles. The Balaban J connectivity index is 1.91. The molecule has 1 aliphatic rings. The van der Waals surface area contributed by atoms with Gasteiger partial charge in [-0.1, -0.05) is 0 Å². The SMILES string of the molecule is Cc1cnc(C(O)CC2CCOCC2)cn1. The van der Waals surface area contributed by atoms with Crippen LogP contribution in [0.15, 0.2) is 12.4 Å². The van der Waals surface area contributed by atoms with Crippen molar-refractivity contribution in [3.8, 4) is 0 Å². The highest BCUT2D eigenvalue weighted by molar-refractivity contribution is 5.03. The van der Waals surface area contributed by atoms with Crippen LogP contribution in [-0.4, -0.2) is 28.3 Å². The van der Waals surface area contributed by atoms with Crippen molar-refractivity contribution in [3.63, 3.8) is 0 Å². The van der Waals surface area contributed by atoms with E-state index in [4.69, 9.17) is 4.74 Å². The molecule has 2 heterocycles. The fraction of sp³-hybridized carbons (Fsp3) is 0.667. The number of nitrogens with zero attached hydrogens (tertiary/aromatic N) is 2. The molecule has 1 N–H and O–H groups in total. The molecule has 1 aliphatic heterocycles. The van der Waals surface area contributed by atoms with Crippen molar-refractivity contribution in [2.75, 3.05) is 13.2 Å². The summed E-state index contributed by atoms with van der Waals surface area (Å²) in [6, 6.07) is 0. The topological polar surface area (TPSA) is 55.2 Å². The predicted octanol–water partition coefficient (Wildman–Crippen LogP) is 1.64. The second-order valence-electron chi connectivity index (χ2n) is 4.39. The van der Waals surface area contributed by atoms with Gasteiger partial charge in [-0.25, -0.2) is 0 Å². The second kappa shape index (κ2) is 5.37. The zero-order valence-electron chi connectivity index (χ0n) is 9.59. The van der Waals surface area contributed by atoms with Gasteiger partial charge in [0.2, 0.25) is 0 Å². The van der Waals surface area contributed by atoms with Crippen LogP contribution in [-0.2, 0) is 4.74 Å². The smallest absolute Gasteiger partial charge is 0.0978 e. The number of hydrogen-bond donors (Lipinski definition) is 1. The Hall–Kier alpha value is -1.00.